The fraction of sp³-hybridized carbons (Fsp3) is 0.312. The third kappa shape index (κ3) is 3.27. The quantitative estimate of drug-likeness (QED) is 0.843. The van der Waals surface area contributed by atoms with Crippen LogP contribution in [0.4, 0.5) is 0 Å². The van der Waals surface area contributed by atoms with Gasteiger partial charge in [0.1, 0.15) is 5.75 Å². The molecule has 2 aromatic rings. The molecule has 4 nitrogen and oxygen atoms in total. The van der Waals surface area contributed by atoms with Crippen LogP contribution in [-0.4, -0.2) is 26.1 Å². The van der Waals surface area contributed by atoms with Crippen LogP contribution in [0.25, 0.3) is 10.8 Å². The van der Waals surface area contributed by atoms with E-state index in [-0.39, 0.29) is 5.91 Å². The molecule has 0 aliphatic rings. The fourth-order valence-corrected chi connectivity index (χ4v) is 2.23. The number of benzene rings is 2. The van der Waals surface area contributed by atoms with Gasteiger partial charge in [-0.15, -0.1) is 0 Å². The van der Waals surface area contributed by atoms with E-state index >= 15 is 0 Å². The van der Waals surface area contributed by atoms with E-state index < -0.39 is 0 Å². The van der Waals surface area contributed by atoms with E-state index in [9.17, 15) is 4.79 Å². The van der Waals surface area contributed by atoms with E-state index in [1.807, 2.05) is 24.3 Å². The smallest absolute Gasteiger partial charge is 0.223 e. The highest BCUT2D eigenvalue weighted by Crippen LogP contribution is 2.28. The topological polar surface area (TPSA) is 64.3 Å². The molecule has 4 heteroatoms. The summed E-state index contributed by atoms with van der Waals surface area (Å²) in [6.07, 6.45) is 1.11. The number of nitrogens with two attached hydrogens (primary N) is 1. The molecule has 2 aromatic carbocycles. The van der Waals surface area contributed by atoms with Crippen molar-refractivity contribution in [2.24, 2.45) is 5.73 Å². The Kier molecular flexibility index (Phi) is 4.96. The zero-order chi connectivity index (χ0) is 14.4. The number of nitrogens with one attached hydrogen (secondary N) is 1. The Morgan fingerprint density at radius 3 is 2.80 bits per heavy atom. The number of ether oxygens (including phenoxy) is 1. The van der Waals surface area contributed by atoms with Crippen molar-refractivity contribution < 1.29 is 9.53 Å². The van der Waals surface area contributed by atoms with Gasteiger partial charge in [0, 0.05) is 12.6 Å². The van der Waals surface area contributed by atoms with Crippen LogP contribution in [0, 0.1) is 0 Å². The second-order valence-electron chi connectivity index (χ2n) is 4.57. The van der Waals surface area contributed by atoms with E-state index in [1.54, 1.807) is 7.05 Å². The van der Waals surface area contributed by atoms with Crippen molar-refractivity contribution in [1.29, 1.82) is 0 Å². The molecule has 106 valence electrons. The van der Waals surface area contributed by atoms with Crippen LogP contribution in [0.2, 0.25) is 0 Å². The summed E-state index contributed by atoms with van der Waals surface area (Å²) in [6, 6.07) is 12.2. The fourth-order valence-electron chi connectivity index (χ4n) is 2.23. The maximum absolute atomic E-state index is 11.2. The molecular formula is C16H20N2O2. The Morgan fingerprint density at radius 2 is 2.05 bits per heavy atom. The summed E-state index contributed by atoms with van der Waals surface area (Å²) in [5, 5.41) is 4.92. The largest absolute Gasteiger partial charge is 0.493 e. The first-order valence-corrected chi connectivity index (χ1v) is 6.80. The lowest BCUT2D eigenvalue weighted by molar-refractivity contribution is -0.121. The minimum Gasteiger partial charge on any atom is -0.493 e. The zero-order valence-corrected chi connectivity index (χ0v) is 11.7. The summed E-state index contributed by atoms with van der Waals surface area (Å²) in [4.78, 5) is 11.2. The molecule has 0 aromatic heterocycles. The van der Waals surface area contributed by atoms with Gasteiger partial charge >= 0.3 is 0 Å². The molecule has 0 atom stereocenters. The van der Waals surface area contributed by atoms with Gasteiger partial charge in [-0.05, 0) is 29.8 Å². The molecule has 3 N–H and O–H groups in total. The summed E-state index contributed by atoms with van der Waals surface area (Å²) < 4.78 is 5.75. The van der Waals surface area contributed by atoms with Crippen molar-refractivity contribution in [3.8, 4) is 5.75 Å². The van der Waals surface area contributed by atoms with Gasteiger partial charge in [0.25, 0.3) is 0 Å². The SMILES string of the molecule is CNC(=O)CCOc1ccc2ccccc2c1CCN. The average Bonchev–Trinajstić information content (AvgIpc) is 2.49. The molecule has 1 amide bonds. The van der Waals surface area contributed by atoms with E-state index in [0.717, 1.165) is 23.1 Å². The van der Waals surface area contributed by atoms with Crippen LogP contribution in [0.5, 0.6) is 5.75 Å². The molecule has 0 spiro atoms. The van der Waals surface area contributed by atoms with Gasteiger partial charge in [-0.25, -0.2) is 0 Å². The molecule has 0 radical (unpaired) electrons. The number of hydrogen-bond acceptors (Lipinski definition) is 3. The first-order valence-electron chi connectivity index (χ1n) is 6.80. The Bertz CT molecular complexity index is 596. The molecule has 0 saturated heterocycles. The molecule has 2 rings (SSSR count). The van der Waals surface area contributed by atoms with Crippen molar-refractivity contribution in [1.82, 2.24) is 5.32 Å². The van der Waals surface area contributed by atoms with Gasteiger partial charge < -0.3 is 15.8 Å². The van der Waals surface area contributed by atoms with Crippen LogP contribution in [0.1, 0.15) is 12.0 Å². The minimum absolute atomic E-state index is 0.0221. The summed E-state index contributed by atoms with van der Waals surface area (Å²) in [5.74, 6) is 0.796. The highest BCUT2D eigenvalue weighted by Gasteiger charge is 2.08. The molecule has 0 unspecified atom stereocenters. The molecule has 0 fully saturated rings. The number of amides is 1. The third-order valence-electron chi connectivity index (χ3n) is 3.26. The standard InChI is InChI=1S/C16H20N2O2/c1-18-16(19)9-11-20-15-7-6-12-4-2-3-5-13(12)14(15)8-10-17/h2-7H,8-11,17H2,1H3,(H,18,19). The number of carbonyl (C=O) groups is 1. The van der Waals surface area contributed by atoms with Crippen LogP contribution < -0.4 is 15.8 Å². The second kappa shape index (κ2) is 6.91. The first kappa shape index (κ1) is 14.3. The first-order chi connectivity index (χ1) is 9.76. The number of hydrogen-bond donors (Lipinski definition) is 2. The van der Waals surface area contributed by atoms with Gasteiger partial charge in [-0.3, -0.25) is 4.79 Å². The summed E-state index contributed by atoms with van der Waals surface area (Å²) in [5.41, 5.74) is 6.81. The Balaban J connectivity index is 2.23. The Hall–Kier alpha value is -2.07. The lowest BCUT2D eigenvalue weighted by atomic mass is 10.0. The molecule has 0 aliphatic heterocycles. The molecular weight excluding hydrogens is 252 g/mol. The monoisotopic (exact) mass is 272 g/mol. The van der Waals surface area contributed by atoms with E-state index in [4.69, 9.17) is 10.5 Å². The lowest BCUT2D eigenvalue weighted by Gasteiger charge is -2.13. The van der Waals surface area contributed by atoms with Crippen LogP contribution in [-0.2, 0) is 11.2 Å². The maximum Gasteiger partial charge on any atom is 0.223 e. The lowest BCUT2D eigenvalue weighted by Crippen LogP contribution is -2.20. The summed E-state index contributed by atoms with van der Waals surface area (Å²) >= 11 is 0. The van der Waals surface area contributed by atoms with Gasteiger partial charge in [-0.1, -0.05) is 30.3 Å². The normalized spacial score (nSPS) is 10.5. The predicted molar refractivity (Wildman–Crippen MR) is 80.9 cm³/mol. The van der Waals surface area contributed by atoms with Gasteiger partial charge in [0.2, 0.25) is 5.91 Å². The van der Waals surface area contributed by atoms with E-state index in [1.165, 1.54) is 5.39 Å². The molecule has 0 saturated carbocycles. The van der Waals surface area contributed by atoms with Gasteiger partial charge in [-0.2, -0.15) is 0 Å². The van der Waals surface area contributed by atoms with Crippen LogP contribution in [0.15, 0.2) is 36.4 Å². The minimum atomic E-state index is -0.0221. The second-order valence-corrected chi connectivity index (χ2v) is 4.57. The molecule has 0 bridgehead atoms. The zero-order valence-electron chi connectivity index (χ0n) is 11.7. The molecule has 20 heavy (non-hydrogen) atoms. The van der Waals surface area contributed by atoms with Crippen LogP contribution >= 0.6 is 0 Å². The Labute approximate surface area is 118 Å². The highest BCUT2D eigenvalue weighted by atomic mass is 16.5. The van der Waals surface area contributed by atoms with Crippen LogP contribution in [0.3, 0.4) is 0 Å². The molecule has 0 aliphatic carbocycles. The van der Waals surface area contributed by atoms with Crippen molar-refractivity contribution in [2.75, 3.05) is 20.2 Å². The van der Waals surface area contributed by atoms with E-state index in [0.29, 0.717) is 19.6 Å². The third-order valence-corrected chi connectivity index (χ3v) is 3.26. The predicted octanol–water partition coefficient (Wildman–Crippen LogP) is 1.86. The van der Waals surface area contributed by atoms with Crippen molar-refractivity contribution in [3.05, 3.63) is 42.0 Å². The summed E-state index contributed by atoms with van der Waals surface area (Å²) in [7, 11) is 1.62. The average molecular weight is 272 g/mol. The number of fused-ring (bicyclic) bond motifs is 1. The van der Waals surface area contributed by atoms with Crippen molar-refractivity contribution >= 4 is 16.7 Å². The van der Waals surface area contributed by atoms with Crippen molar-refractivity contribution in [2.45, 2.75) is 12.8 Å². The molecule has 0 heterocycles. The summed E-state index contributed by atoms with van der Waals surface area (Å²) in [6.45, 7) is 0.940. The van der Waals surface area contributed by atoms with E-state index in [2.05, 4.69) is 17.4 Å². The maximum atomic E-state index is 11.2. The highest BCUT2D eigenvalue weighted by molar-refractivity contribution is 5.87. The Morgan fingerprint density at radius 1 is 1.25 bits per heavy atom. The number of carbonyl (C=O) groups excluding carboxylic acids is 1. The van der Waals surface area contributed by atoms with Gasteiger partial charge in [0.15, 0.2) is 0 Å². The van der Waals surface area contributed by atoms with Crippen molar-refractivity contribution in [3.63, 3.8) is 0 Å². The van der Waals surface area contributed by atoms with Gasteiger partial charge in [0.05, 0.1) is 13.0 Å². The number of rotatable bonds is 6.